The predicted octanol–water partition coefficient (Wildman–Crippen LogP) is 1.51. The average Bonchev–Trinajstić information content (AvgIpc) is 2.60. The molecule has 0 aliphatic carbocycles. The number of piperazine rings is 1. The van der Waals surface area contributed by atoms with E-state index in [0.717, 1.165) is 17.9 Å². The summed E-state index contributed by atoms with van der Waals surface area (Å²) in [5, 5.41) is 2.71. The van der Waals surface area contributed by atoms with Crippen LogP contribution in [0.25, 0.3) is 0 Å². The van der Waals surface area contributed by atoms with Gasteiger partial charge in [-0.05, 0) is 24.5 Å². The SMILES string of the molecule is COc1ccccc1N1CCN(C(=O)C(=O)NCCC(C)C)CC1. The topological polar surface area (TPSA) is 61.9 Å². The standard InChI is InChI=1S/C18H27N3O3/c1-14(2)8-9-19-17(22)18(23)21-12-10-20(11-13-21)15-6-4-5-7-16(15)24-3/h4-7,14H,8-13H2,1-3H3,(H,19,22). The molecule has 1 aromatic carbocycles. The lowest BCUT2D eigenvalue weighted by atomic mass is 10.1. The van der Waals surface area contributed by atoms with Gasteiger partial charge in [0.05, 0.1) is 12.8 Å². The Morgan fingerprint density at radius 2 is 1.83 bits per heavy atom. The van der Waals surface area contributed by atoms with Crippen molar-refractivity contribution in [2.24, 2.45) is 5.92 Å². The number of para-hydroxylation sites is 2. The van der Waals surface area contributed by atoms with Gasteiger partial charge in [0.25, 0.3) is 0 Å². The van der Waals surface area contributed by atoms with E-state index in [1.165, 1.54) is 0 Å². The summed E-state index contributed by atoms with van der Waals surface area (Å²) in [5.74, 6) is 0.397. The Balaban J connectivity index is 1.85. The molecule has 1 aliphatic rings. The summed E-state index contributed by atoms with van der Waals surface area (Å²) in [5.41, 5.74) is 1.02. The number of hydrogen-bond acceptors (Lipinski definition) is 4. The summed E-state index contributed by atoms with van der Waals surface area (Å²) in [7, 11) is 1.65. The molecule has 2 rings (SSSR count). The van der Waals surface area contributed by atoms with Crippen molar-refractivity contribution >= 4 is 17.5 Å². The highest BCUT2D eigenvalue weighted by Gasteiger charge is 2.26. The van der Waals surface area contributed by atoms with Crippen LogP contribution in [-0.4, -0.2) is 56.5 Å². The molecular formula is C18H27N3O3. The number of benzene rings is 1. The van der Waals surface area contributed by atoms with E-state index in [-0.39, 0.29) is 0 Å². The molecule has 1 aromatic rings. The van der Waals surface area contributed by atoms with Crippen LogP contribution in [0.15, 0.2) is 24.3 Å². The Labute approximate surface area is 143 Å². The lowest BCUT2D eigenvalue weighted by Crippen LogP contribution is -2.52. The summed E-state index contributed by atoms with van der Waals surface area (Å²) in [6, 6.07) is 7.84. The minimum Gasteiger partial charge on any atom is -0.495 e. The molecule has 2 amide bonds. The smallest absolute Gasteiger partial charge is 0.312 e. The van der Waals surface area contributed by atoms with Crippen LogP contribution in [0.4, 0.5) is 5.69 Å². The van der Waals surface area contributed by atoms with Crippen molar-refractivity contribution in [1.29, 1.82) is 0 Å². The van der Waals surface area contributed by atoms with Crippen molar-refractivity contribution in [2.75, 3.05) is 44.7 Å². The van der Waals surface area contributed by atoms with E-state index in [0.29, 0.717) is 38.6 Å². The third kappa shape index (κ3) is 4.63. The van der Waals surface area contributed by atoms with E-state index in [1.807, 2.05) is 24.3 Å². The number of nitrogens with zero attached hydrogens (tertiary/aromatic N) is 2. The number of nitrogens with one attached hydrogen (secondary N) is 1. The van der Waals surface area contributed by atoms with Gasteiger partial charge in [-0.15, -0.1) is 0 Å². The fourth-order valence-electron chi connectivity index (χ4n) is 2.74. The first kappa shape index (κ1) is 18.1. The quantitative estimate of drug-likeness (QED) is 0.830. The van der Waals surface area contributed by atoms with Gasteiger partial charge in [0.15, 0.2) is 0 Å². The number of carbonyl (C=O) groups is 2. The Kier molecular flexibility index (Phi) is 6.46. The fourth-order valence-corrected chi connectivity index (χ4v) is 2.74. The zero-order valence-corrected chi connectivity index (χ0v) is 14.7. The van der Waals surface area contributed by atoms with Crippen LogP contribution in [0.3, 0.4) is 0 Å². The summed E-state index contributed by atoms with van der Waals surface area (Å²) in [6.07, 6.45) is 0.876. The normalized spacial score (nSPS) is 14.7. The van der Waals surface area contributed by atoms with Gasteiger partial charge in [-0.3, -0.25) is 9.59 Å². The number of methoxy groups -OCH3 is 1. The molecule has 0 atom stereocenters. The van der Waals surface area contributed by atoms with E-state index in [1.54, 1.807) is 12.0 Å². The molecule has 1 aliphatic heterocycles. The van der Waals surface area contributed by atoms with Crippen molar-refractivity contribution in [2.45, 2.75) is 20.3 Å². The molecule has 0 saturated carbocycles. The van der Waals surface area contributed by atoms with Crippen LogP contribution in [0.2, 0.25) is 0 Å². The van der Waals surface area contributed by atoms with Gasteiger partial charge in [-0.1, -0.05) is 26.0 Å². The van der Waals surface area contributed by atoms with E-state index in [2.05, 4.69) is 24.1 Å². The molecule has 0 aromatic heterocycles. The van der Waals surface area contributed by atoms with Gasteiger partial charge in [0, 0.05) is 32.7 Å². The summed E-state index contributed by atoms with van der Waals surface area (Å²) < 4.78 is 5.39. The molecular weight excluding hydrogens is 306 g/mol. The predicted molar refractivity (Wildman–Crippen MR) is 94.3 cm³/mol. The Bertz CT molecular complexity index is 566. The van der Waals surface area contributed by atoms with Crippen LogP contribution >= 0.6 is 0 Å². The molecule has 0 spiro atoms. The van der Waals surface area contributed by atoms with Crippen molar-refractivity contribution in [3.8, 4) is 5.75 Å². The number of ether oxygens (including phenoxy) is 1. The molecule has 1 heterocycles. The second-order valence-corrected chi connectivity index (χ2v) is 6.39. The molecule has 0 unspecified atom stereocenters. The lowest BCUT2D eigenvalue weighted by molar-refractivity contribution is -0.146. The Morgan fingerprint density at radius 3 is 2.46 bits per heavy atom. The first-order chi connectivity index (χ1) is 11.5. The maximum absolute atomic E-state index is 12.2. The number of hydrogen-bond donors (Lipinski definition) is 1. The molecule has 132 valence electrons. The number of rotatable bonds is 5. The maximum atomic E-state index is 12.2. The first-order valence-corrected chi connectivity index (χ1v) is 8.48. The highest BCUT2D eigenvalue weighted by Crippen LogP contribution is 2.28. The van der Waals surface area contributed by atoms with E-state index in [9.17, 15) is 9.59 Å². The van der Waals surface area contributed by atoms with Gasteiger partial charge in [-0.2, -0.15) is 0 Å². The van der Waals surface area contributed by atoms with Crippen LogP contribution in [0.5, 0.6) is 5.75 Å². The van der Waals surface area contributed by atoms with Crippen LogP contribution in [0.1, 0.15) is 20.3 Å². The van der Waals surface area contributed by atoms with Gasteiger partial charge in [-0.25, -0.2) is 0 Å². The van der Waals surface area contributed by atoms with Crippen LogP contribution in [0, 0.1) is 5.92 Å². The largest absolute Gasteiger partial charge is 0.495 e. The molecule has 1 saturated heterocycles. The van der Waals surface area contributed by atoms with Crippen molar-refractivity contribution in [1.82, 2.24) is 10.2 Å². The molecule has 1 fully saturated rings. The molecule has 0 radical (unpaired) electrons. The number of carbonyl (C=O) groups excluding carboxylic acids is 2. The highest BCUT2D eigenvalue weighted by molar-refractivity contribution is 6.35. The molecule has 0 bridgehead atoms. The third-order valence-corrected chi connectivity index (χ3v) is 4.19. The maximum Gasteiger partial charge on any atom is 0.312 e. The van der Waals surface area contributed by atoms with Gasteiger partial charge >= 0.3 is 11.8 Å². The zero-order valence-electron chi connectivity index (χ0n) is 14.7. The van der Waals surface area contributed by atoms with Crippen molar-refractivity contribution < 1.29 is 14.3 Å². The van der Waals surface area contributed by atoms with Crippen molar-refractivity contribution in [3.05, 3.63) is 24.3 Å². The minimum atomic E-state index is -0.499. The summed E-state index contributed by atoms with van der Waals surface area (Å²) >= 11 is 0. The number of amides is 2. The molecule has 6 nitrogen and oxygen atoms in total. The molecule has 1 N–H and O–H groups in total. The Morgan fingerprint density at radius 1 is 1.17 bits per heavy atom. The number of anilines is 1. The van der Waals surface area contributed by atoms with Gasteiger partial charge in [0.2, 0.25) is 0 Å². The van der Waals surface area contributed by atoms with Gasteiger partial charge < -0.3 is 19.9 Å². The fraction of sp³-hybridized carbons (Fsp3) is 0.556. The minimum absolute atomic E-state index is 0.432. The Hall–Kier alpha value is -2.24. The summed E-state index contributed by atoms with van der Waals surface area (Å²) in [6.45, 7) is 7.17. The monoisotopic (exact) mass is 333 g/mol. The molecule has 6 heteroatoms. The average molecular weight is 333 g/mol. The van der Waals surface area contributed by atoms with E-state index in [4.69, 9.17) is 4.74 Å². The van der Waals surface area contributed by atoms with Crippen LogP contribution < -0.4 is 15.0 Å². The van der Waals surface area contributed by atoms with Gasteiger partial charge in [0.1, 0.15) is 5.75 Å². The lowest BCUT2D eigenvalue weighted by Gasteiger charge is -2.36. The summed E-state index contributed by atoms with van der Waals surface area (Å²) in [4.78, 5) is 28.0. The van der Waals surface area contributed by atoms with E-state index < -0.39 is 11.8 Å². The second kappa shape index (κ2) is 8.57. The van der Waals surface area contributed by atoms with E-state index >= 15 is 0 Å². The molecule has 24 heavy (non-hydrogen) atoms. The third-order valence-electron chi connectivity index (χ3n) is 4.19. The highest BCUT2D eigenvalue weighted by atomic mass is 16.5. The zero-order chi connectivity index (χ0) is 17.5. The van der Waals surface area contributed by atoms with Crippen molar-refractivity contribution in [3.63, 3.8) is 0 Å². The second-order valence-electron chi connectivity index (χ2n) is 6.39. The van der Waals surface area contributed by atoms with Crippen LogP contribution in [-0.2, 0) is 9.59 Å². The first-order valence-electron chi connectivity index (χ1n) is 8.48.